The number of piperidine rings is 1. The Labute approximate surface area is 193 Å². The minimum Gasteiger partial charge on any atom is -0.341 e. The molecule has 2 N–H and O–H groups in total. The molecule has 1 fully saturated rings. The SMILES string of the molecule is C=C1c2c(nc(N3CCC[C@@H](N)C3)n2CC)N(C)C(=O)N1Cc1nc(C)c2ccccc2n1. The summed E-state index contributed by atoms with van der Waals surface area (Å²) < 4.78 is 2.14. The highest BCUT2D eigenvalue weighted by molar-refractivity contribution is 6.02. The average Bonchev–Trinajstić information content (AvgIpc) is 3.20. The number of hydrogen-bond acceptors (Lipinski definition) is 6. The molecule has 2 aliphatic heterocycles. The molecule has 172 valence electrons. The summed E-state index contributed by atoms with van der Waals surface area (Å²) in [7, 11) is 1.76. The lowest BCUT2D eigenvalue weighted by Crippen LogP contribution is -2.44. The molecule has 33 heavy (non-hydrogen) atoms. The van der Waals surface area contributed by atoms with Gasteiger partial charge in [-0.1, -0.05) is 24.8 Å². The number of hydrogen-bond donors (Lipinski definition) is 1. The summed E-state index contributed by atoms with van der Waals surface area (Å²) in [4.78, 5) is 33.0. The second kappa shape index (κ2) is 8.15. The summed E-state index contributed by atoms with van der Waals surface area (Å²) in [5.74, 6) is 2.06. The van der Waals surface area contributed by atoms with Crippen molar-refractivity contribution in [1.29, 1.82) is 0 Å². The molecule has 3 aromatic rings. The number of rotatable bonds is 4. The number of imidazole rings is 1. The Morgan fingerprint density at radius 1 is 1.21 bits per heavy atom. The number of anilines is 2. The first kappa shape index (κ1) is 21.4. The number of para-hydroxylation sites is 1. The van der Waals surface area contributed by atoms with Crippen molar-refractivity contribution in [3.8, 4) is 0 Å². The van der Waals surface area contributed by atoms with Gasteiger partial charge in [-0.2, -0.15) is 4.98 Å². The summed E-state index contributed by atoms with van der Waals surface area (Å²) in [6.07, 6.45) is 2.05. The van der Waals surface area contributed by atoms with Crippen molar-refractivity contribution >= 4 is 34.4 Å². The summed E-state index contributed by atoms with van der Waals surface area (Å²) >= 11 is 0. The Morgan fingerprint density at radius 3 is 2.76 bits per heavy atom. The van der Waals surface area contributed by atoms with Crippen LogP contribution in [0, 0.1) is 6.92 Å². The Hall–Kier alpha value is -3.46. The molecule has 0 unspecified atom stereocenters. The van der Waals surface area contributed by atoms with Crippen molar-refractivity contribution < 1.29 is 4.79 Å². The van der Waals surface area contributed by atoms with Crippen LogP contribution in [0.25, 0.3) is 16.6 Å². The highest BCUT2D eigenvalue weighted by Crippen LogP contribution is 2.38. The molecular formula is C24H30N8O. The molecule has 1 saturated heterocycles. The van der Waals surface area contributed by atoms with E-state index in [9.17, 15) is 4.79 Å². The van der Waals surface area contributed by atoms with Gasteiger partial charge in [0.15, 0.2) is 5.82 Å². The van der Waals surface area contributed by atoms with Gasteiger partial charge >= 0.3 is 6.03 Å². The summed E-state index contributed by atoms with van der Waals surface area (Å²) in [6.45, 7) is 11.0. The number of carbonyl (C=O) groups is 1. The van der Waals surface area contributed by atoms with Crippen molar-refractivity contribution in [2.45, 2.75) is 45.8 Å². The lowest BCUT2D eigenvalue weighted by Gasteiger charge is -2.34. The lowest BCUT2D eigenvalue weighted by atomic mass is 10.1. The van der Waals surface area contributed by atoms with Gasteiger partial charge in [0, 0.05) is 43.8 Å². The average molecular weight is 447 g/mol. The zero-order valence-electron chi connectivity index (χ0n) is 19.5. The van der Waals surface area contributed by atoms with E-state index in [-0.39, 0.29) is 18.6 Å². The van der Waals surface area contributed by atoms with Crippen LogP contribution in [0.5, 0.6) is 0 Å². The first-order chi connectivity index (χ1) is 15.9. The molecular weight excluding hydrogens is 416 g/mol. The molecule has 5 rings (SSSR count). The van der Waals surface area contributed by atoms with Crippen molar-refractivity contribution in [3.05, 3.63) is 48.1 Å². The predicted molar refractivity (Wildman–Crippen MR) is 130 cm³/mol. The first-order valence-corrected chi connectivity index (χ1v) is 11.5. The molecule has 2 aromatic heterocycles. The van der Waals surface area contributed by atoms with Gasteiger partial charge < -0.3 is 15.2 Å². The van der Waals surface area contributed by atoms with Crippen LogP contribution in [0.3, 0.4) is 0 Å². The number of urea groups is 1. The van der Waals surface area contributed by atoms with Crippen LogP contribution >= 0.6 is 0 Å². The molecule has 2 amide bonds. The lowest BCUT2D eigenvalue weighted by molar-refractivity contribution is 0.222. The van der Waals surface area contributed by atoms with Gasteiger partial charge in [-0.15, -0.1) is 0 Å². The molecule has 2 aliphatic rings. The van der Waals surface area contributed by atoms with Gasteiger partial charge in [0.05, 0.1) is 17.8 Å². The monoisotopic (exact) mass is 446 g/mol. The van der Waals surface area contributed by atoms with E-state index >= 15 is 0 Å². The largest absolute Gasteiger partial charge is 0.341 e. The first-order valence-electron chi connectivity index (χ1n) is 11.5. The van der Waals surface area contributed by atoms with Gasteiger partial charge in [-0.25, -0.2) is 14.8 Å². The third-order valence-electron chi connectivity index (χ3n) is 6.56. The normalized spacial score (nSPS) is 18.9. The van der Waals surface area contributed by atoms with E-state index in [0.717, 1.165) is 54.2 Å². The fourth-order valence-electron chi connectivity index (χ4n) is 4.87. The van der Waals surface area contributed by atoms with E-state index < -0.39 is 0 Å². The zero-order chi connectivity index (χ0) is 23.3. The third-order valence-corrected chi connectivity index (χ3v) is 6.56. The number of aromatic nitrogens is 4. The van der Waals surface area contributed by atoms with Crippen molar-refractivity contribution in [1.82, 2.24) is 24.4 Å². The van der Waals surface area contributed by atoms with Crippen molar-refractivity contribution in [3.63, 3.8) is 0 Å². The molecule has 0 aliphatic carbocycles. The van der Waals surface area contributed by atoms with Crippen LogP contribution in [-0.2, 0) is 13.1 Å². The second-order valence-corrected chi connectivity index (χ2v) is 8.79. The smallest absolute Gasteiger partial charge is 0.330 e. The standard InChI is InChI=1S/C24H30N8O/c1-5-31-21-16(3)32(14-20-26-15(2)18-10-6-7-11-19(18)27-20)24(33)29(4)22(21)28-23(31)30-12-8-9-17(25)13-30/h6-7,10-11,17H,3,5,8-9,12-14,25H2,1-2,4H3/t17-/m1/s1. The summed E-state index contributed by atoms with van der Waals surface area (Å²) in [6, 6.07) is 7.84. The van der Waals surface area contributed by atoms with Gasteiger partial charge in [0.25, 0.3) is 0 Å². The minimum absolute atomic E-state index is 0.130. The van der Waals surface area contributed by atoms with Gasteiger partial charge in [-0.05, 0) is 32.8 Å². The molecule has 9 nitrogen and oxygen atoms in total. The van der Waals surface area contributed by atoms with Crippen LogP contribution in [0.1, 0.15) is 37.0 Å². The van der Waals surface area contributed by atoms with Crippen LogP contribution in [-0.4, -0.2) is 56.6 Å². The van der Waals surface area contributed by atoms with E-state index in [2.05, 4.69) is 28.0 Å². The molecule has 0 bridgehead atoms. The maximum atomic E-state index is 13.3. The molecule has 0 saturated carbocycles. The predicted octanol–water partition coefficient (Wildman–Crippen LogP) is 3.12. The Balaban J connectivity index is 1.52. The second-order valence-electron chi connectivity index (χ2n) is 8.79. The number of nitrogens with zero attached hydrogens (tertiary/aromatic N) is 7. The van der Waals surface area contributed by atoms with Crippen LogP contribution in [0.4, 0.5) is 16.6 Å². The minimum atomic E-state index is -0.190. The Kier molecular flexibility index (Phi) is 5.28. The maximum Gasteiger partial charge on any atom is 0.330 e. The third kappa shape index (κ3) is 3.52. The van der Waals surface area contributed by atoms with Gasteiger partial charge in [-0.3, -0.25) is 9.80 Å². The molecule has 1 aromatic carbocycles. The highest BCUT2D eigenvalue weighted by Gasteiger charge is 2.37. The number of nitrogens with two attached hydrogens (primary N) is 1. The number of benzene rings is 1. The Bertz CT molecular complexity index is 1250. The molecule has 0 radical (unpaired) electrons. The van der Waals surface area contributed by atoms with Crippen LogP contribution < -0.4 is 15.5 Å². The molecule has 1 atom stereocenters. The number of fused-ring (bicyclic) bond motifs is 2. The molecule has 0 spiro atoms. The molecule has 4 heterocycles. The van der Waals surface area contributed by atoms with Crippen LogP contribution in [0.15, 0.2) is 30.8 Å². The molecule has 9 heteroatoms. The topological polar surface area (TPSA) is 96.4 Å². The van der Waals surface area contributed by atoms with Crippen molar-refractivity contribution in [2.24, 2.45) is 5.73 Å². The number of aryl methyl sites for hydroxylation is 1. The Morgan fingerprint density at radius 2 is 2.00 bits per heavy atom. The van der Waals surface area contributed by atoms with Gasteiger partial charge in [0.2, 0.25) is 5.95 Å². The van der Waals surface area contributed by atoms with E-state index in [1.54, 1.807) is 16.8 Å². The zero-order valence-corrected chi connectivity index (χ0v) is 19.5. The highest BCUT2D eigenvalue weighted by atomic mass is 16.2. The number of carbonyl (C=O) groups excluding carboxylic acids is 1. The van der Waals surface area contributed by atoms with E-state index in [4.69, 9.17) is 15.7 Å². The van der Waals surface area contributed by atoms with E-state index in [0.29, 0.717) is 23.9 Å². The van der Waals surface area contributed by atoms with Crippen LogP contribution in [0.2, 0.25) is 0 Å². The maximum absolute atomic E-state index is 13.3. The quantitative estimate of drug-likeness (QED) is 0.661. The fraction of sp³-hybridized carbons (Fsp3) is 0.417. The van der Waals surface area contributed by atoms with Crippen molar-refractivity contribution in [2.75, 3.05) is 29.9 Å². The number of amides is 2. The van der Waals surface area contributed by atoms with E-state index in [1.165, 1.54) is 0 Å². The summed E-state index contributed by atoms with van der Waals surface area (Å²) in [5, 5.41) is 1.01. The fourth-order valence-corrected chi connectivity index (χ4v) is 4.87. The van der Waals surface area contributed by atoms with E-state index in [1.807, 2.05) is 31.2 Å². The summed E-state index contributed by atoms with van der Waals surface area (Å²) in [5.41, 5.74) is 9.46. The van der Waals surface area contributed by atoms with Gasteiger partial charge in [0.1, 0.15) is 11.5 Å².